The molecule has 2 rings (SSSR count). The maximum Gasteiger partial charge on any atom is 0.305 e. The summed E-state index contributed by atoms with van der Waals surface area (Å²) in [5, 5.41) is 0. The fourth-order valence-electron chi connectivity index (χ4n) is 0.809. The highest BCUT2D eigenvalue weighted by molar-refractivity contribution is 7.19. The Hall–Kier alpha value is -1.14. The molecule has 2 N–H and O–H groups in total. The first-order valence-corrected chi connectivity index (χ1v) is 4.76. The van der Waals surface area contributed by atoms with Crippen molar-refractivity contribution in [2.45, 2.75) is 0 Å². The summed E-state index contributed by atoms with van der Waals surface area (Å²) in [6.07, 6.45) is 3.21. The summed E-state index contributed by atoms with van der Waals surface area (Å²) in [6.45, 7) is 0. The molecule has 0 aliphatic rings. The van der Waals surface area contributed by atoms with Crippen LogP contribution in [0.15, 0.2) is 22.0 Å². The van der Waals surface area contributed by atoms with Gasteiger partial charge in [0, 0.05) is 12.4 Å². The Labute approximate surface area is 74.5 Å². The van der Waals surface area contributed by atoms with E-state index in [1.807, 2.05) is 0 Å². The maximum atomic E-state index is 10.7. The van der Waals surface area contributed by atoms with Crippen LogP contribution in [0.5, 0.6) is 0 Å². The molecule has 0 saturated carbocycles. The van der Waals surface area contributed by atoms with Gasteiger partial charge in [0.25, 0.3) is 0 Å². The Morgan fingerprint density at radius 2 is 1.33 bits per heavy atom. The predicted octanol–water partition coefficient (Wildman–Crippen LogP) is 0.853. The van der Waals surface area contributed by atoms with Gasteiger partial charge in [-0.1, -0.05) is 22.7 Å². The lowest BCUT2D eigenvalue weighted by Crippen LogP contribution is -1.88. The number of hydrogen-bond acceptors (Lipinski definition) is 4. The molecule has 0 fully saturated rings. The van der Waals surface area contributed by atoms with Crippen LogP contribution in [0.25, 0.3) is 9.75 Å². The van der Waals surface area contributed by atoms with Crippen LogP contribution in [0, 0.1) is 0 Å². The minimum atomic E-state index is -0.106. The number of nitrogens with one attached hydrogen (secondary N) is 2. The van der Waals surface area contributed by atoms with E-state index in [0.717, 1.165) is 32.4 Å². The van der Waals surface area contributed by atoms with E-state index in [9.17, 15) is 9.59 Å². The summed E-state index contributed by atoms with van der Waals surface area (Å²) >= 11 is 2.19. The van der Waals surface area contributed by atoms with Crippen molar-refractivity contribution in [3.63, 3.8) is 0 Å². The first-order chi connectivity index (χ1) is 5.75. The van der Waals surface area contributed by atoms with Crippen LogP contribution in [0.3, 0.4) is 0 Å². The maximum absolute atomic E-state index is 10.7. The van der Waals surface area contributed by atoms with Crippen LogP contribution in [0.2, 0.25) is 0 Å². The molecule has 0 amide bonds. The average molecular weight is 200 g/mol. The first-order valence-electron chi connectivity index (χ1n) is 3.13. The van der Waals surface area contributed by atoms with Gasteiger partial charge in [-0.15, -0.1) is 0 Å². The van der Waals surface area contributed by atoms with Gasteiger partial charge in [-0.05, 0) is 0 Å². The minimum absolute atomic E-state index is 0.106. The van der Waals surface area contributed by atoms with Crippen molar-refractivity contribution in [2.75, 3.05) is 0 Å². The zero-order valence-electron chi connectivity index (χ0n) is 5.79. The van der Waals surface area contributed by atoms with Gasteiger partial charge in [0.2, 0.25) is 0 Å². The lowest BCUT2D eigenvalue weighted by atomic mass is 10.5. The molecule has 4 nitrogen and oxygen atoms in total. The number of H-pyrrole nitrogens is 2. The summed E-state index contributed by atoms with van der Waals surface area (Å²) in [5.41, 5.74) is 0. The van der Waals surface area contributed by atoms with Crippen LogP contribution in [0.4, 0.5) is 0 Å². The smallest absolute Gasteiger partial charge is 0.305 e. The summed E-state index contributed by atoms with van der Waals surface area (Å²) in [6, 6.07) is 0. The largest absolute Gasteiger partial charge is 0.319 e. The lowest BCUT2D eigenvalue weighted by molar-refractivity contribution is 1.33. The number of aromatic amines is 2. The molecule has 12 heavy (non-hydrogen) atoms. The molecule has 0 aromatic carbocycles. The fraction of sp³-hybridized carbons (Fsp3) is 0. The zero-order chi connectivity index (χ0) is 8.55. The topological polar surface area (TPSA) is 65.7 Å². The molecule has 2 aromatic rings. The molecule has 2 aromatic heterocycles. The highest BCUT2D eigenvalue weighted by Gasteiger charge is 2.03. The molecule has 0 atom stereocenters. The molecule has 62 valence electrons. The molecule has 0 bridgehead atoms. The molecule has 0 radical (unpaired) electrons. The van der Waals surface area contributed by atoms with E-state index < -0.39 is 0 Å². The summed E-state index contributed by atoms with van der Waals surface area (Å²) in [5.74, 6) is 0. The van der Waals surface area contributed by atoms with Crippen molar-refractivity contribution in [2.24, 2.45) is 0 Å². The highest BCUT2D eigenvalue weighted by atomic mass is 32.1. The van der Waals surface area contributed by atoms with E-state index in [2.05, 4.69) is 9.97 Å². The van der Waals surface area contributed by atoms with E-state index in [1.165, 1.54) is 0 Å². The normalized spacial score (nSPS) is 10.3. The van der Waals surface area contributed by atoms with E-state index >= 15 is 0 Å². The highest BCUT2D eigenvalue weighted by Crippen LogP contribution is 2.21. The second kappa shape index (κ2) is 2.72. The van der Waals surface area contributed by atoms with Gasteiger partial charge in [-0.25, -0.2) is 0 Å². The van der Waals surface area contributed by atoms with Crippen LogP contribution in [0.1, 0.15) is 0 Å². The Balaban J connectivity index is 2.57. The van der Waals surface area contributed by atoms with Gasteiger partial charge >= 0.3 is 9.75 Å². The molecule has 6 heteroatoms. The quantitative estimate of drug-likeness (QED) is 0.716. The third-order valence-corrected chi connectivity index (χ3v) is 3.14. The summed E-state index contributed by atoms with van der Waals surface area (Å²) in [4.78, 5) is 27.9. The monoisotopic (exact) mass is 200 g/mol. The van der Waals surface area contributed by atoms with Crippen molar-refractivity contribution in [3.8, 4) is 9.75 Å². The van der Waals surface area contributed by atoms with Gasteiger partial charge in [-0.3, -0.25) is 9.59 Å². The van der Waals surface area contributed by atoms with Gasteiger partial charge in [-0.2, -0.15) is 0 Å². The Kier molecular flexibility index (Phi) is 1.70. The SMILES string of the molecule is O=c1[nH]cc(-c2c[nH]c(=O)s2)s1. The van der Waals surface area contributed by atoms with E-state index in [1.54, 1.807) is 12.4 Å². The van der Waals surface area contributed by atoms with Crippen LogP contribution in [-0.2, 0) is 0 Å². The standard InChI is InChI=1S/C6H4N2O2S2/c9-5-7-1-3(11-5)4-2-8-6(10)12-4/h1-2H,(H,7,9)(H,8,10). The minimum Gasteiger partial charge on any atom is -0.319 e. The molecule has 0 saturated heterocycles. The van der Waals surface area contributed by atoms with E-state index in [-0.39, 0.29) is 9.75 Å². The molecule has 0 aliphatic heterocycles. The van der Waals surface area contributed by atoms with Crippen molar-refractivity contribution in [1.82, 2.24) is 9.97 Å². The van der Waals surface area contributed by atoms with Crippen molar-refractivity contribution in [1.29, 1.82) is 0 Å². The van der Waals surface area contributed by atoms with E-state index in [4.69, 9.17) is 0 Å². The second-order valence-electron chi connectivity index (χ2n) is 2.08. The Morgan fingerprint density at radius 3 is 1.58 bits per heavy atom. The number of rotatable bonds is 1. The fourth-order valence-corrected chi connectivity index (χ4v) is 2.25. The average Bonchev–Trinajstić information content (AvgIpc) is 2.58. The Bertz CT molecular complexity index is 443. The van der Waals surface area contributed by atoms with Crippen molar-refractivity contribution >= 4 is 22.7 Å². The van der Waals surface area contributed by atoms with Crippen LogP contribution >= 0.6 is 22.7 Å². The molecular weight excluding hydrogens is 196 g/mol. The molecule has 0 spiro atoms. The predicted molar refractivity (Wildman–Crippen MR) is 48.9 cm³/mol. The lowest BCUT2D eigenvalue weighted by Gasteiger charge is -1.81. The van der Waals surface area contributed by atoms with Crippen molar-refractivity contribution < 1.29 is 0 Å². The van der Waals surface area contributed by atoms with Crippen LogP contribution < -0.4 is 9.75 Å². The summed E-state index contributed by atoms with van der Waals surface area (Å²) in [7, 11) is 0. The van der Waals surface area contributed by atoms with Gasteiger partial charge < -0.3 is 9.97 Å². The molecular formula is C6H4N2O2S2. The molecule has 0 unspecified atom stereocenters. The summed E-state index contributed by atoms with van der Waals surface area (Å²) < 4.78 is 0. The third-order valence-electron chi connectivity index (χ3n) is 1.29. The number of thiazole rings is 2. The van der Waals surface area contributed by atoms with Gasteiger partial charge in [0.1, 0.15) is 0 Å². The van der Waals surface area contributed by atoms with E-state index in [0.29, 0.717) is 0 Å². The third kappa shape index (κ3) is 1.26. The zero-order valence-corrected chi connectivity index (χ0v) is 7.42. The van der Waals surface area contributed by atoms with Gasteiger partial charge in [0.15, 0.2) is 0 Å². The molecule has 0 aliphatic carbocycles. The Morgan fingerprint density at radius 1 is 0.917 bits per heavy atom. The van der Waals surface area contributed by atoms with Crippen molar-refractivity contribution in [3.05, 3.63) is 31.7 Å². The first kappa shape index (κ1) is 7.51. The number of hydrogen-bond donors (Lipinski definition) is 2. The second-order valence-corrected chi connectivity index (χ2v) is 4.11. The molecule has 2 heterocycles. The number of aromatic nitrogens is 2. The van der Waals surface area contributed by atoms with Crippen LogP contribution in [-0.4, -0.2) is 9.97 Å². The van der Waals surface area contributed by atoms with Gasteiger partial charge in [0.05, 0.1) is 9.75 Å².